The minimum absolute atomic E-state index is 0.332. The second kappa shape index (κ2) is 5.04. The highest BCUT2D eigenvalue weighted by Gasteiger charge is 2.18. The third-order valence-corrected chi connectivity index (χ3v) is 4.28. The zero-order valence-corrected chi connectivity index (χ0v) is 12.2. The van der Waals surface area contributed by atoms with Crippen LogP contribution in [0.1, 0.15) is 12.8 Å². The molecule has 3 heterocycles. The van der Waals surface area contributed by atoms with E-state index in [1.54, 1.807) is 0 Å². The highest BCUT2D eigenvalue weighted by Crippen LogP contribution is 2.25. The maximum absolute atomic E-state index is 5.74. The predicted octanol–water partition coefficient (Wildman–Crippen LogP) is 3.22. The van der Waals surface area contributed by atoms with Crippen molar-refractivity contribution >= 4 is 10.9 Å². The number of aryl methyl sites for hydroxylation is 1. The van der Waals surface area contributed by atoms with E-state index in [1.165, 1.54) is 17.3 Å². The number of ether oxygens (including phenoxy) is 1. The molecule has 0 aliphatic carbocycles. The average Bonchev–Trinajstić information content (AvgIpc) is 3.22. The second-order valence-electron chi connectivity index (χ2n) is 5.74. The van der Waals surface area contributed by atoms with E-state index in [0.717, 1.165) is 31.0 Å². The number of aromatic nitrogens is 3. The number of hydrogen-bond acceptors (Lipinski definition) is 2. The average molecular weight is 281 g/mol. The molecule has 1 unspecified atom stereocenters. The van der Waals surface area contributed by atoms with Gasteiger partial charge in [-0.05, 0) is 37.1 Å². The molecule has 0 spiro atoms. The van der Waals surface area contributed by atoms with E-state index in [0.29, 0.717) is 6.10 Å². The summed E-state index contributed by atoms with van der Waals surface area (Å²) in [7, 11) is 2.07. The van der Waals surface area contributed by atoms with Gasteiger partial charge in [-0.1, -0.05) is 0 Å². The van der Waals surface area contributed by atoms with Crippen LogP contribution in [-0.2, 0) is 18.3 Å². The van der Waals surface area contributed by atoms with Crippen molar-refractivity contribution in [2.24, 2.45) is 7.05 Å². The zero-order chi connectivity index (χ0) is 14.2. The first-order valence-electron chi connectivity index (χ1n) is 7.49. The second-order valence-corrected chi connectivity index (χ2v) is 5.74. The van der Waals surface area contributed by atoms with Crippen LogP contribution in [0.2, 0.25) is 0 Å². The molecule has 1 fully saturated rings. The minimum atomic E-state index is 0.332. The molecule has 0 amide bonds. The Hall–Kier alpha value is -2.07. The largest absolute Gasteiger partial charge is 0.376 e. The Balaban J connectivity index is 1.69. The summed E-state index contributed by atoms with van der Waals surface area (Å²) < 4.78 is 10.1. The molecular weight excluding hydrogens is 262 g/mol. The van der Waals surface area contributed by atoms with Gasteiger partial charge in [0.2, 0.25) is 0 Å². The van der Waals surface area contributed by atoms with Crippen molar-refractivity contribution in [3.63, 3.8) is 0 Å². The van der Waals surface area contributed by atoms with Crippen LogP contribution in [0.4, 0.5) is 0 Å². The normalized spacial score (nSPS) is 18.6. The molecular formula is C17H19N3O. The van der Waals surface area contributed by atoms with Gasteiger partial charge in [0.15, 0.2) is 0 Å². The van der Waals surface area contributed by atoms with Crippen LogP contribution in [0.15, 0.2) is 42.9 Å². The Morgan fingerprint density at radius 2 is 2.24 bits per heavy atom. The van der Waals surface area contributed by atoms with Crippen LogP contribution >= 0.6 is 0 Å². The van der Waals surface area contributed by atoms with Crippen LogP contribution in [0.3, 0.4) is 0 Å². The van der Waals surface area contributed by atoms with Crippen molar-refractivity contribution in [1.82, 2.24) is 14.1 Å². The minimum Gasteiger partial charge on any atom is -0.376 e. The first-order valence-corrected chi connectivity index (χ1v) is 7.49. The molecule has 0 radical (unpaired) electrons. The van der Waals surface area contributed by atoms with Crippen molar-refractivity contribution < 1.29 is 4.74 Å². The molecule has 4 rings (SSSR count). The van der Waals surface area contributed by atoms with Gasteiger partial charge < -0.3 is 13.9 Å². The standard InChI is InChI=1S/C17H19N3O/c1-19-8-6-13-11-14(4-5-16(13)19)17-18-7-9-20(17)12-15-3-2-10-21-15/h4-9,11,15H,2-3,10,12H2,1H3. The van der Waals surface area contributed by atoms with Crippen LogP contribution in [0.25, 0.3) is 22.3 Å². The molecule has 2 aromatic heterocycles. The monoisotopic (exact) mass is 281 g/mol. The van der Waals surface area contributed by atoms with E-state index in [4.69, 9.17) is 4.74 Å². The first kappa shape index (κ1) is 12.7. The van der Waals surface area contributed by atoms with Gasteiger partial charge in [0.25, 0.3) is 0 Å². The number of hydrogen-bond donors (Lipinski definition) is 0. The topological polar surface area (TPSA) is 32.0 Å². The number of fused-ring (bicyclic) bond motifs is 1. The molecule has 21 heavy (non-hydrogen) atoms. The van der Waals surface area contributed by atoms with Crippen molar-refractivity contribution in [3.8, 4) is 11.4 Å². The van der Waals surface area contributed by atoms with Crippen molar-refractivity contribution in [1.29, 1.82) is 0 Å². The van der Waals surface area contributed by atoms with E-state index >= 15 is 0 Å². The summed E-state index contributed by atoms with van der Waals surface area (Å²) in [5.74, 6) is 1.02. The van der Waals surface area contributed by atoms with Crippen molar-refractivity contribution in [2.45, 2.75) is 25.5 Å². The highest BCUT2D eigenvalue weighted by atomic mass is 16.5. The molecule has 1 saturated heterocycles. The first-order chi connectivity index (χ1) is 10.3. The maximum Gasteiger partial charge on any atom is 0.139 e. The quantitative estimate of drug-likeness (QED) is 0.738. The molecule has 0 bridgehead atoms. The van der Waals surface area contributed by atoms with Gasteiger partial charge in [-0.3, -0.25) is 0 Å². The lowest BCUT2D eigenvalue weighted by molar-refractivity contribution is 0.0974. The number of imidazole rings is 1. The van der Waals surface area contributed by atoms with Crippen molar-refractivity contribution in [2.75, 3.05) is 6.61 Å². The SMILES string of the molecule is Cn1ccc2cc(-c3nccn3CC3CCCO3)ccc21. The van der Waals surface area contributed by atoms with Crippen molar-refractivity contribution in [3.05, 3.63) is 42.9 Å². The molecule has 4 heteroatoms. The molecule has 1 aliphatic heterocycles. The summed E-state index contributed by atoms with van der Waals surface area (Å²) >= 11 is 0. The molecule has 0 saturated carbocycles. The third kappa shape index (κ3) is 2.25. The Labute approximate surface area is 124 Å². The lowest BCUT2D eigenvalue weighted by Crippen LogP contribution is -2.15. The zero-order valence-electron chi connectivity index (χ0n) is 12.2. The fourth-order valence-corrected chi connectivity index (χ4v) is 3.15. The predicted molar refractivity (Wildman–Crippen MR) is 83.1 cm³/mol. The lowest BCUT2D eigenvalue weighted by atomic mass is 10.1. The van der Waals surface area contributed by atoms with Gasteiger partial charge in [-0.25, -0.2) is 4.98 Å². The summed E-state index contributed by atoms with van der Waals surface area (Å²) in [4.78, 5) is 4.54. The van der Waals surface area contributed by atoms with E-state index in [2.05, 4.69) is 51.6 Å². The lowest BCUT2D eigenvalue weighted by Gasteiger charge is -2.13. The summed E-state index contributed by atoms with van der Waals surface area (Å²) in [6, 6.07) is 8.67. The molecule has 1 atom stereocenters. The van der Waals surface area contributed by atoms with Gasteiger partial charge in [-0.15, -0.1) is 0 Å². The summed E-state index contributed by atoms with van der Waals surface area (Å²) in [6.45, 7) is 1.78. The van der Waals surface area contributed by atoms with Gasteiger partial charge in [0, 0.05) is 48.7 Å². The molecule has 4 nitrogen and oxygen atoms in total. The number of nitrogens with zero attached hydrogens (tertiary/aromatic N) is 3. The van der Waals surface area contributed by atoms with E-state index in [-0.39, 0.29) is 0 Å². The maximum atomic E-state index is 5.74. The van der Waals surface area contributed by atoms with Crippen LogP contribution in [0, 0.1) is 0 Å². The Morgan fingerprint density at radius 1 is 1.29 bits per heavy atom. The highest BCUT2D eigenvalue weighted by molar-refractivity contribution is 5.84. The summed E-state index contributed by atoms with van der Waals surface area (Å²) in [5, 5.41) is 1.25. The van der Waals surface area contributed by atoms with Gasteiger partial charge >= 0.3 is 0 Å². The third-order valence-electron chi connectivity index (χ3n) is 4.28. The summed E-state index contributed by atoms with van der Waals surface area (Å²) in [6.07, 6.45) is 8.66. The van der Waals surface area contributed by atoms with Gasteiger partial charge in [0.05, 0.1) is 12.6 Å². The molecule has 1 aromatic carbocycles. The van der Waals surface area contributed by atoms with E-state index in [1.807, 2.05) is 12.4 Å². The molecule has 1 aliphatic rings. The Kier molecular flexibility index (Phi) is 3.04. The number of rotatable bonds is 3. The molecule has 108 valence electrons. The Bertz CT molecular complexity index is 765. The van der Waals surface area contributed by atoms with Crippen LogP contribution in [-0.4, -0.2) is 26.8 Å². The van der Waals surface area contributed by atoms with Crippen LogP contribution in [0.5, 0.6) is 0 Å². The molecule has 3 aromatic rings. The fourth-order valence-electron chi connectivity index (χ4n) is 3.15. The number of benzene rings is 1. The summed E-state index contributed by atoms with van der Waals surface area (Å²) in [5.41, 5.74) is 2.41. The van der Waals surface area contributed by atoms with Gasteiger partial charge in [0.1, 0.15) is 5.82 Å². The molecule has 0 N–H and O–H groups in total. The van der Waals surface area contributed by atoms with Gasteiger partial charge in [-0.2, -0.15) is 0 Å². The smallest absolute Gasteiger partial charge is 0.139 e. The van der Waals surface area contributed by atoms with E-state index < -0.39 is 0 Å². The Morgan fingerprint density at radius 3 is 3.10 bits per heavy atom. The van der Waals surface area contributed by atoms with Crippen LogP contribution < -0.4 is 0 Å². The fraction of sp³-hybridized carbons (Fsp3) is 0.353. The van der Waals surface area contributed by atoms with E-state index in [9.17, 15) is 0 Å².